The molecule has 0 saturated carbocycles. The molecule has 1 aliphatic rings. The van der Waals surface area contributed by atoms with Crippen molar-refractivity contribution in [3.05, 3.63) is 35.9 Å². The summed E-state index contributed by atoms with van der Waals surface area (Å²) in [6.07, 6.45) is 3.20. The highest BCUT2D eigenvalue weighted by Gasteiger charge is 2.42. The average Bonchev–Trinajstić information content (AvgIpc) is 3.32. The van der Waals surface area contributed by atoms with Crippen LogP contribution in [0.3, 0.4) is 0 Å². The Kier molecular flexibility index (Phi) is 9.90. The Morgan fingerprint density at radius 2 is 1.91 bits per heavy atom. The van der Waals surface area contributed by atoms with Crippen molar-refractivity contribution in [2.45, 2.75) is 70.2 Å². The molecule has 0 bridgehead atoms. The number of rotatable bonds is 11. The fourth-order valence-electron chi connectivity index (χ4n) is 4.03. The maximum absolute atomic E-state index is 12.8. The Morgan fingerprint density at radius 3 is 2.45 bits per heavy atom. The number of nitrogens with one attached hydrogen (secondary N) is 2. The third-order valence-corrected chi connectivity index (χ3v) is 8.81. The summed E-state index contributed by atoms with van der Waals surface area (Å²) in [7, 11) is -4.02. The van der Waals surface area contributed by atoms with Crippen LogP contribution in [0.2, 0.25) is 6.04 Å². The van der Waals surface area contributed by atoms with Gasteiger partial charge in [0.05, 0.1) is 11.7 Å². The number of aldehydes is 1. The Labute approximate surface area is 195 Å². The van der Waals surface area contributed by atoms with Gasteiger partial charge in [-0.2, -0.15) is 0 Å². The summed E-state index contributed by atoms with van der Waals surface area (Å²) >= 11 is 0. The first kappa shape index (κ1) is 26.8. The molecule has 1 aliphatic heterocycles. The fourth-order valence-corrected chi connectivity index (χ4v) is 5.83. The van der Waals surface area contributed by atoms with Crippen LogP contribution >= 0.6 is 0 Å². The summed E-state index contributed by atoms with van der Waals surface area (Å²) in [5, 5.41) is 5.57. The standard InChI is InChI=1S/C23H35N3O6Si/c1-16(26(18(3)28)23(30)21-10-7-13-24-21)22(29)25-17(2)33(31,32)15-20(14-27)12-11-19-8-5-4-6-9-19/h4-6,8-9,14,16-17,20-21,24,31-32H,7,10-13,15H2,1-3H3,(H,25,29)/t16-,17+,20-,21-/m0/s1. The van der Waals surface area contributed by atoms with Crippen molar-refractivity contribution in [3.63, 3.8) is 0 Å². The van der Waals surface area contributed by atoms with Crippen molar-refractivity contribution >= 4 is 32.6 Å². The van der Waals surface area contributed by atoms with E-state index >= 15 is 0 Å². The van der Waals surface area contributed by atoms with Crippen molar-refractivity contribution in [1.82, 2.24) is 15.5 Å². The zero-order valence-electron chi connectivity index (χ0n) is 19.5. The largest absolute Gasteiger partial charge is 0.409 e. The van der Waals surface area contributed by atoms with Gasteiger partial charge in [0, 0.05) is 18.9 Å². The Balaban J connectivity index is 1.97. The van der Waals surface area contributed by atoms with E-state index in [0.717, 1.165) is 23.2 Å². The van der Waals surface area contributed by atoms with E-state index in [4.69, 9.17) is 0 Å². The van der Waals surface area contributed by atoms with E-state index in [1.165, 1.54) is 20.8 Å². The molecular formula is C23H35N3O6Si. The van der Waals surface area contributed by atoms with Gasteiger partial charge in [-0.25, -0.2) is 0 Å². The summed E-state index contributed by atoms with van der Waals surface area (Å²) in [5.74, 6) is -2.24. The molecule has 1 fully saturated rings. The molecule has 10 heteroatoms. The van der Waals surface area contributed by atoms with Crippen LogP contribution in [-0.2, 0) is 25.6 Å². The first-order valence-corrected chi connectivity index (χ1v) is 13.6. The van der Waals surface area contributed by atoms with E-state index < -0.39 is 49.9 Å². The minimum Gasteiger partial charge on any atom is -0.409 e. The predicted molar refractivity (Wildman–Crippen MR) is 125 cm³/mol. The lowest BCUT2D eigenvalue weighted by Gasteiger charge is -2.32. The highest BCUT2D eigenvalue weighted by molar-refractivity contribution is 6.66. The molecule has 182 valence electrons. The van der Waals surface area contributed by atoms with Crippen LogP contribution in [-0.4, -0.2) is 71.4 Å². The van der Waals surface area contributed by atoms with Crippen LogP contribution in [0.1, 0.15) is 45.6 Å². The van der Waals surface area contributed by atoms with Gasteiger partial charge in [0.25, 0.3) is 0 Å². The van der Waals surface area contributed by atoms with Crippen LogP contribution in [0.4, 0.5) is 0 Å². The first-order chi connectivity index (χ1) is 15.6. The van der Waals surface area contributed by atoms with Crippen LogP contribution in [0.25, 0.3) is 0 Å². The normalized spacial score (nSPS) is 18.8. The molecule has 1 saturated heterocycles. The third kappa shape index (κ3) is 7.56. The van der Waals surface area contributed by atoms with Gasteiger partial charge in [0.1, 0.15) is 12.3 Å². The Morgan fingerprint density at radius 1 is 1.24 bits per heavy atom. The summed E-state index contributed by atoms with van der Waals surface area (Å²) in [6, 6.07) is 7.85. The Bertz CT molecular complexity index is 829. The molecule has 4 N–H and O–H groups in total. The number of aryl methyl sites for hydroxylation is 1. The molecule has 0 unspecified atom stereocenters. The third-order valence-electron chi connectivity index (χ3n) is 6.16. The molecular weight excluding hydrogens is 442 g/mol. The quantitative estimate of drug-likeness (QED) is 0.268. The smallest absolute Gasteiger partial charge is 0.356 e. The van der Waals surface area contributed by atoms with Gasteiger partial charge in [-0.3, -0.25) is 19.3 Å². The molecule has 33 heavy (non-hydrogen) atoms. The van der Waals surface area contributed by atoms with Gasteiger partial charge >= 0.3 is 8.56 Å². The topological polar surface area (TPSA) is 136 Å². The van der Waals surface area contributed by atoms with Crippen molar-refractivity contribution < 1.29 is 28.8 Å². The molecule has 3 amide bonds. The maximum atomic E-state index is 12.8. The van der Waals surface area contributed by atoms with Crippen LogP contribution in [0, 0.1) is 5.92 Å². The number of benzene rings is 1. The number of amides is 3. The molecule has 1 aromatic rings. The molecule has 0 aromatic heterocycles. The fraction of sp³-hybridized carbons (Fsp3) is 0.565. The zero-order valence-corrected chi connectivity index (χ0v) is 20.5. The zero-order chi connectivity index (χ0) is 24.6. The van der Waals surface area contributed by atoms with Crippen LogP contribution < -0.4 is 10.6 Å². The molecule has 0 radical (unpaired) electrons. The van der Waals surface area contributed by atoms with Crippen molar-refractivity contribution in [3.8, 4) is 0 Å². The predicted octanol–water partition coefficient (Wildman–Crippen LogP) is 0.421. The van der Waals surface area contributed by atoms with Gasteiger partial charge < -0.3 is 25.0 Å². The van der Waals surface area contributed by atoms with E-state index in [0.29, 0.717) is 25.8 Å². The molecule has 2 rings (SSSR count). The van der Waals surface area contributed by atoms with Crippen LogP contribution in [0.15, 0.2) is 30.3 Å². The van der Waals surface area contributed by atoms with Gasteiger partial charge in [-0.05, 0) is 51.6 Å². The summed E-state index contributed by atoms with van der Waals surface area (Å²) in [4.78, 5) is 71.5. The molecule has 0 spiro atoms. The first-order valence-electron chi connectivity index (χ1n) is 11.4. The van der Waals surface area contributed by atoms with E-state index in [1.54, 1.807) is 0 Å². The summed E-state index contributed by atoms with van der Waals surface area (Å²) in [6.45, 7) is 4.79. The van der Waals surface area contributed by atoms with Gasteiger partial charge in [-0.1, -0.05) is 30.3 Å². The number of carbonyl (C=O) groups excluding carboxylic acids is 4. The van der Waals surface area contributed by atoms with Gasteiger partial charge in [-0.15, -0.1) is 0 Å². The molecule has 1 aromatic carbocycles. The number of imide groups is 1. The lowest BCUT2D eigenvalue weighted by atomic mass is 10.0. The summed E-state index contributed by atoms with van der Waals surface area (Å²) < 4.78 is 0. The number of hydrogen-bond acceptors (Lipinski definition) is 7. The number of carbonyl (C=O) groups is 4. The highest BCUT2D eigenvalue weighted by atomic mass is 28.4. The molecule has 4 atom stereocenters. The van der Waals surface area contributed by atoms with Crippen molar-refractivity contribution in [2.24, 2.45) is 5.92 Å². The van der Waals surface area contributed by atoms with Crippen molar-refractivity contribution in [2.75, 3.05) is 6.54 Å². The second-order valence-corrected chi connectivity index (χ2v) is 11.8. The maximum Gasteiger partial charge on any atom is 0.356 e. The second kappa shape index (κ2) is 12.2. The van der Waals surface area contributed by atoms with E-state index in [-0.39, 0.29) is 6.04 Å². The Hall–Kier alpha value is -2.40. The van der Waals surface area contributed by atoms with Gasteiger partial charge in [0.2, 0.25) is 17.7 Å². The minimum atomic E-state index is -4.02. The van der Waals surface area contributed by atoms with Crippen molar-refractivity contribution in [1.29, 1.82) is 0 Å². The van der Waals surface area contributed by atoms with E-state index in [1.807, 2.05) is 30.3 Å². The second-order valence-electron chi connectivity index (χ2n) is 8.79. The highest BCUT2D eigenvalue weighted by Crippen LogP contribution is 2.20. The van der Waals surface area contributed by atoms with E-state index in [2.05, 4.69) is 10.6 Å². The lowest BCUT2D eigenvalue weighted by Crippen LogP contribution is -2.61. The summed E-state index contributed by atoms with van der Waals surface area (Å²) in [5.41, 5.74) is 0.0496. The van der Waals surface area contributed by atoms with E-state index in [9.17, 15) is 28.8 Å². The monoisotopic (exact) mass is 477 g/mol. The number of nitrogens with zero attached hydrogens (tertiary/aromatic N) is 1. The SMILES string of the molecule is CC(=O)N(C(=O)[C@@H]1CCCN1)[C@@H](C)C(=O)N[C@@H](C)[Si](O)(O)C[C@H](C=O)CCc1ccccc1. The van der Waals surface area contributed by atoms with Gasteiger partial charge in [0.15, 0.2) is 0 Å². The number of hydrogen-bond donors (Lipinski definition) is 4. The molecule has 0 aliphatic carbocycles. The lowest BCUT2D eigenvalue weighted by molar-refractivity contribution is -0.151. The minimum absolute atomic E-state index is 0.124. The van der Waals surface area contributed by atoms with Crippen LogP contribution in [0.5, 0.6) is 0 Å². The average molecular weight is 478 g/mol. The molecule has 1 heterocycles. The molecule has 9 nitrogen and oxygen atoms in total.